The van der Waals surface area contributed by atoms with Crippen LogP contribution in [0.4, 0.5) is 0 Å². The van der Waals surface area contributed by atoms with Gasteiger partial charge < -0.3 is 15.1 Å². The lowest BCUT2D eigenvalue weighted by Gasteiger charge is -2.39. The summed E-state index contributed by atoms with van der Waals surface area (Å²) in [6, 6.07) is 10.1. The van der Waals surface area contributed by atoms with Crippen LogP contribution in [0.2, 0.25) is 0 Å². The highest BCUT2D eigenvalue weighted by molar-refractivity contribution is 5.77. The molecule has 5 nitrogen and oxygen atoms in total. The Balaban J connectivity index is 1.89. The molecule has 0 radical (unpaired) electrons. The van der Waals surface area contributed by atoms with Crippen LogP contribution in [0.5, 0.6) is 0 Å². The Bertz CT molecular complexity index is 628. The number of piperidine rings is 1. The van der Waals surface area contributed by atoms with E-state index in [1.807, 2.05) is 47.4 Å². The van der Waals surface area contributed by atoms with Gasteiger partial charge in [0.15, 0.2) is 0 Å². The number of aliphatic hydroxyl groups is 1. The first-order chi connectivity index (χ1) is 13.0. The predicted molar refractivity (Wildman–Crippen MR) is 105 cm³/mol. The summed E-state index contributed by atoms with van der Waals surface area (Å²) in [7, 11) is 0. The minimum atomic E-state index is -0.812. The normalized spacial score (nSPS) is 20.0. The Kier molecular flexibility index (Phi) is 8.52. The van der Waals surface area contributed by atoms with E-state index in [1.54, 1.807) is 0 Å². The molecule has 0 spiro atoms. The van der Waals surface area contributed by atoms with E-state index >= 15 is 0 Å². The molecule has 1 amide bonds. The van der Waals surface area contributed by atoms with Crippen LogP contribution in [0.1, 0.15) is 51.0 Å². The van der Waals surface area contributed by atoms with E-state index in [2.05, 4.69) is 6.92 Å². The first-order valence-electron chi connectivity index (χ1n) is 9.85. The molecule has 0 bridgehead atoms. The summed E-state index contributed by atoms with van der Waals surface area (Å²) in [4.78, 5) is 24.9. The molecule has 27 heavy (non-hydrogen) atoms. The molecule has 1 aliphatic rings. The number of carbonyl (C=O) groups is 2. The highest BCUT2D eigenvalue weighted by Crippen LogP contribution is 2.27. The van der Waals surface area contributed by atoms with E-state index < -0.39 is 12.1 Å². The van der Waals surface area contributed by atoms with Crippen LogP contribution in [0.25, 0.3) is 0 Å². The summed E-state index contributed by atoms with van der Waals surface area (Å²) in [6.07, 6.45) is 7.59. The minimum absolute atomic E-state index is 0.107. The molecule has 1 unspecified atom stereocenters. The topological polar surface area (TPSA) is 77.8 Å². The molecular formula is C22H31NO4. The zero-order valence-electron chi connectivity index (χ0n) is 16.1. The number of carboxylic acids is 1. The van der Waals surface area contributed by atoms with Crippen molar-refractivity contribution in [1.82, 2.24) is 4.90 Å². The zero-order chi connectivity index (χ0) is 19.6. The molecule has 1 heterocycles. The van der Waals surface area contributed by atoms with E-state index in [-0.39, 0.29) is 24.3 Å². The van der Waals surface area contributed by atoms with Gasteiger partial charge in [-0.05, 0) is 43.6 Å². The Morgan fingerprint density at radius 2 is 2.04 bits per heavy atom. The van der Waals surface area contributed by atoms with Gasteiger partial charge in [-0.2, -0.15) is 0 Å². The molecule has 2 N–H and O–H groups in total. The van der Waals surface area contributed by atoms with Crippen molar-refractivity contribution < 1.29 is 19.8 Å². The van der Waals surface area contributed by atoms with Crippen LogP contribution in [-0.4, -0.2) is 45.7 Å². The predicted octanol–water partition coefficient (Wildman–Crippen LogP) is 3.42. The van der Waals surface area contributed by atoms with Crippen LogP contribution < -0.4 is 0 Å². The van der Waals surface area contributed by atoms with E-state index in [4.69, 9.17) is 5.11 Å². The monoisotopic (exact) mass is 373 g/mol. The SMILES string of the molecule is C[C@@H](CC(O)Cc1ccccc1)[C@H]1CCCC(=O)N1C/C=C\CCC(=O)O. The Hall–Kier alpha value is -2.14. The number of hydrogen-bond donors (Lipinski definition) is 2. The molecule has 1 aromatic rings. The van der Waals surface area contributed by atoms with Crippen molar-refractivity contribution in [3.8, 4) is 0 Å². The van der Waals surface area contributed by atoms with Gasteiger partial charge in [0.25, 0.3) is 0 Å². The van der Waals surface area contributed by atoms with Crippen molar-refractivity contribution in [1.29, 1.82) is 0 Å². The maximum Gasteiger partial charge on any atom is 0.303 e. The van der Waals surface area contributed by atoms with Crippen molar-refractivity contribution in [3.05, 3.63) is 48.0 Å². The van der Waals surface area contributed by atoms with Gasteiger partial charge in [-0.3, -0.25) is 9.59 Å². The van der Waals surface area contributed by atoms with Crippen molar-refractivity contribution in [2.45, 2.75) is 64.0 Å². The third-order valence-electron chi connectivity index (χ3n) is 5.22. The molecule has 1 aromatic carbocycles. The first-order valence-corrected chi connectivity index (χ1v) is 9.85. The summed E-state index contributed by atoms with van der Waals surface area (Å²) in [5, 5.41) is 19.2. The summed E-state index contributed by atoms with van der Waals surface area (Å²) < 4.78 is 0. The lowest BCUT2D eigenvalue weighted by molar-refractivity contribution is -0.138. The third-order valence-corrected chi connectivity index (χ3v) is 5.22. The molecule has 0 saturated carbocycles. The fourth-order valence-electron chi connectivity index (χ4n) is 3.84. The van der Waals surface area contributed by atoms with E-state index in [1.165, 1.54) is 0 Å². The molecule has 2 rings (SSSR count). The molecule has 3 atom stereocenters. The average Bonchev–Trinajstić information content (AvgIpc) is 2.63. The van der Waals surface area contributed by atoms with Gasteiger partial charge in [0.2, 0.25) is 5.91 Å². The fourth-order valence-corrected chi connectivity index (χ4v) is 3.84. The second-order valence-electron chi connectivity index (χ2n) is 7.47. The van der Waals surface area contributed by atoms with Crippen molar-refractivity contribution in [2.75, 3.05) is 6.54 Å². The lowest BCUT2D eigenvalue weighted by atomic mass is 9.86. The smallest absolute Gasteiger partial charge is 0.303 e. The third kappa shape index (κ3) is 7.18. The van der Waals surface area contributed by atoms with E-state index in [0.29, 0.717) is 32.2 Å². The number of carbonyl (C=O) groups excluding carboxylic acids is 1. The number of amides is 1. The second-order valence-corrected chi connectivity index (χ2v) is 7.47. The molecule has 1 fully saturated rings. The largest absolute Gasteiger partial charge is 0.481 e. The van der Waals surface area contributed by atoms with Gasteiger partial charge >= 0.3 is 5.97 Å². The van der Waals surface area contributed by atoms with Crippen LogP contribution >= 0.6 is 0 Å². The van der Waals surface area contributed by atoms with Crippen molar-refractivity contribution >= 4 is 11.9 Å². The molecular weight excluding hydrogens is 342 g/mol. The Morgan fingerprint density at radius 1 is 1.30 bits per heavy atom. The minimum Gasteiger partial charge on any atom is -0.481 e. The van der Waals surface area contributed by atoms with Gasteiger partial charge in [-0.15, -0.1) is 0 Å². The number of aliphatic hydroxyl groups excluding tert-OH is 1. The first kappa shape index (κ1) is 21.2. The molecule has 0 aromatic heterocycles. The van der Waals surface area contributed by atoms with Crippen LogP contribution in [0, 0.1) is 5.92 Å². The summed E-state index contributed by atoms with van der Waals surface area (Å²) >= 11 is 0. The molecule has 1 aliphatic heterocycles. The number of allylic oxidation sites excluding steroid dienone is 1. The van der Waals surface area contributed by atoms with Crippen LogP contribution in [-0.2, 0) is 16.0 Å². The highest BCUT2D eigenvalue weighted by atomic mass is 16.4. The number of rotatable bonds is 10. The van der Waals surface area contributed by atoms with E-state index in [9.17, 15) is 14.7 Å². The highest BCUT2D eigenvalue weighted by Gasteiger charge is 2.31. The number of carboxylic acid groups (broad SMARTS) is 1. The molecule has 1 saturated heterocycles. The number of benzene rings is 1. The number of nitrogens with zero attached hydrogens (tertiary/aromatic N) is 1. The van der Waals surface area contributed by atoms with Gasteiger partial charge in [-0.1, -0.05) is 49.4 Å². The number of likely N-dealkylation sites (tertiary alicyclic amines) is 1. The van der Waals surface area contributed by atoms with Gasteiger partial charge in [-0.25, -0.2) is 0 Å². The summed E-state index contributed by atoms with van der Waals surface area (Å²) in [6.45, 7) is 2.63. The zero-order valence-corrected chi connectivity index (χ0v) is 16.1. The maximum absolute atomic E-state index is 12.4. The summed E-state index contributed by atoms with van der Waals surface area (Å²) in [5.41, 5.74) is 1.12. The fraction of sp³-hybridized carbons (Fsp3) is 0.545. The molecule has 0 aliphatic carbocycles. The number of hydrogen-bond acceptors (Lipinski definition) is 3. The van der Waals surface area contributed by atoms with E-state index in [0.717, 1.165) is 18.4 Å². The van der Waals surface area contributed by atoms with Crippen LogP contribution in [0.15, 0.2) is 42.5 Å². The quantitative estimate of drug-likeness (QED) is 0.616. The van der Waals surface area contributed by atoms with Gasteiger partial charge in [0.1, 0.15) is 0 Å². The second kappa shape index (κ2) is 10.9. The Morgan fingerprint density at radius 3 is 2.74 bits per heavy atom. The van der Waals surface area contributed by atoms with Crippen LogP contribution in [0.3, 0.4) is 0 Å². The van der Waals surface area contributed by atoms with Gasteiger partial charge in [0.05, 0.1) is 6.10 Å². The maximum atomic E-state index is 12.4. The lowest BCUT2D eigenvalue weighted by Crippen LogP contribution is -2.47. The van der Waals surface area contributed by atoms with Crippen molar-refractivity contribution in [2.24, 2.45) is 5.92 Å². The molecule has 148 valence electrons. The van der Waals surface area contributed by atoms with Gasteiger partial charge in [0, 0.05) is 25.4 Å². The van der Waals surface area contributed by atoms with Crippen molar-refractivity contribution in [3.63, 3.8) is 0 Å². The summed E-state index contributed by atoms with van der Waals surface area (Å²) in [5.74, 6) is -0.452. The molecule has 5 heteroatoms. The average molecular weight is 373 g/mol. The Labute approximate surface area is 161 Å². The standard InChI is InChI=1S/C22H31NO4/c1-17(15-19(24)16-18-9-4-2-5-10-18)20-11-8-12-21(25)23(20)14-7-3-6-13-22(26)27/h2-5,7,9-10,17,19-20,24H,6,8,11-16H2,1H3,(H,26,27)/b7-3-/t17-,19?,20+/m0/s1. The number of aliphatic carboxylic acids is 1.